The van der Waals surface area contributed by atoms with Crippen LogP contribution in [0.3, 0.4) is 0 Å². The van der Waals surface area contributed by atoms with Crippen LogP contribution in [0.4, 0.5) is 0 Å². The predicted molar refractivity (Wildman–Crippen MR) is 65.8 cm³/mol. The normalized spacial score (nSPS) is 15.9. The molecule has 0 fully saturated rings. The van der Waals surface area contributed by atoms with Crippen LogP contribution in [0.5, 0.6) is 5.75 Å². The van der Waals surface area contributed by atoms with Gasteiger partial charge in [0, 0.05) is 31.7 Å². The monoisotopic (exact) mass is 220 g/mol. The number of aryl methyl sites for hydroxylation is 1. The summed E-state index contributed by atoms with van der Waals surface area (Å²) >= 11 is 0. The number of rotatable bonds is 3. The second kappa shape index (κ2) is 4.85. The Hall–Kier alpha value is -1.06. The number of ether oxygens (including phenoxy) is 1. The molecule has 1 heterocycles. The number of hydrogen-bond acceptors (Lipinski definition) is 3. The van der Waals surface area contributed by atoms with E-state index < -0.39 is 0 Å². The topological polar surface area (TPSA) is 38.5 Å². The van der Waals surface area contributed by atoms with Crippen LogP contribution in [-0.4, -0.2) is 31.6 Å². The SMILES string of the molecule is COc1ccc(C)c2c1CN(CCN)CC2. The number of hydrogen-bond donors (Lipinski definition) is 1. The van der Waals surface area contributed by atoms with Crippen molar-refractivity contribution in [3.63, 3.8) is 0 Å². The molecule has 0 aromatic heterocycles. The summed E-state index contributed by atoms with van der Waals surface area (Å²) in [6.07, 6.45) is 1.11. The highest BCUT2D eigenvalue weighted by atomic mass is 16.5. The van der Waals surface area contributed by atoms with E-state index in [0.29, 0.717) is 0 Å². The van der Waals surface area contributed by atoms with Crippen molar-refractivity contribution in [3.8, 4) is 5.75 Å². The molecule has 0 aliphatic carbocycles. The lowest BCUT2D eigenvalue weighted by Crippen LogP contribution is -2.35. The number of benzene rings is 1. The molecule has 0 bridgehead atoms. The van der Waals surface area contributed by atoms with Crippen molar-refractivity contribution in [1.82, 2.24) is 4.90 Å². The Morgan fingerprint density at radius 2 is 2.19 bits per heavy atom. The van der Waals surface area contributed by atoms with Gasteiger partial charge in [0.05, 0.1) is 7.11 Å². The fourth-order valence-corrected chi connectivity index (χ4v) is 2.45. The molecule has 3 heteroatoms. The molecule has 1 aromatic carbocycles. The molecule has 0 atom stereocenters. The third kappa shape index (κ3) is 2.06. The quantitative estimate of drug-likeness (QED) is 0.835. The lowest BCUT2D eigenvalue weighted by molar-refractivity contribution is 0.255. The summed E-state index contributed by atoms with van der Waals surface area (Å²) in [6.45, 7) is 5.95. The molecule has 88 valence electrons. The maximum atomic E-state index is 5.61. The van der Waals surface area contributed by atoms with Gasteiger partial charge in [-0.2, -0.15) is 0 Å². The van der Waals surface area contributed by atoms with Gasteiger partial charge in [-0.05, 0) is 30.5 Å². The first-order valence-electron chi connectivity index (χ1n) is 5.84. The number of fused-ring (bicyclic) bond motifs is 1. The molecule has 1 aromatic rings. The predicted octanol–water partition coefficient (Wildman–Crippen LogP) is 1.32. The maximum Gasteiger partial charge on any atom is 0.123 e. The average Bonchev–Trinajstić information content (AvgIpc) is 2.30. The van der Waals surface area contributed by atoms with Gasteiger partial charge in [0.2, 0.25) is 0 Å². The molecule has 0 amide bonds. The molecular formula is C13H20N2O. The van der Waals surface area contributed by atoms with Gasteiger partial charge in [-0.15, -0.1) is 0 Å². The Bertz CT molecular complexity index is 376. The van der Waals surface area contributed by atoms with Gasteiger partial charge in [-0.25, -0.2) is 0 Å². The summed E-state index contributed by atoms with van der Waals surface area (Å²) in [6, 6.07) is 4.22. The molecular weight excluding hydrogens is 200 g/mol. The van der Waals surface area contributed by atoms with Crippen molar-refractivity contribution in [2.45, 2.75) is 19.9 Å². The lowest BCUT2D eigenvalue weighted by atomic mass is 9.94. The smallest absolute Gasteiger partial charge is 0.123 e. The zero-order valence-corrected chi connectivity index (χ0v) is 10.1. The molecule has 0 radical (unpaired) electrons. The lowest BCUT2D eigenvalue weighted by Gasteiger charge is -2.30. The Kier molecular flexibility index (Phi) is 3.46. The van der Waals surface area contributed by atoms with Gasteiger partial charge < -0.3 is 10.5 Å². The minimum atomic E-state index is 0.726. The summed E-state index contributed by atoms with van der Waals surface area (Å²) in [5, 5.41) is 0. The van der Waals surface area contributed by atoms with E-state index in [0.717, 1.165) is 38.3 Å². The van der Waals surface area contributed by atoms with Crippen molar-refractivity contribution in [2.24, 2.45) is 5.73 Å². The Morgan fingerprint density at radius 3 is 2.88 bits per heavy atom. The molecule has 2 N–H and O–H groups in total. The fourth-order valence-electron chi connectivity index (χ4n) is 2.45. The van der Waals surface area contributed by atoms with Crippen molar-refractivity contribution in [1.29, 1.82) is 0 Å². The van der Waals surface area contributed by atoms with E-state index in [-0.39, 0.29) is 0 Å². The molecule has 1 aliphatic heterocycles. The van der Waals surface area contributed by atoms with E-state index in [1.165, 1.54) is 16.7 Å². The highest BCUT2D eigenvalue weighted by molar-refractivity contribution is 5.46. The minimum Gasteiger partial charge on any atom is -0.496 e. The van der Waals surface area contributed by atoms with Gasteiger partial charge in [-0.3, -0.25) is 4.90 Å². The molecule has 0 spiro atoms. The third-order valence-corrected chi connectivity index (χ3v) is 3.35. The molecule has 16 heavy (non-hydrogen) atoms. The van der Waals surface area contributed by atoms with Crippen LogP contribution in [0.25, 0.3) is 0 Å². The molecule has 1 aliphatic rings. The molecule has 0 saturated carbocycles. The number of methoxy groups -OCH3 is 1. The molecule has 3 nitrogen and oxygen atoms in total. The van der Waals surface area contributed by atoms with Gasteiger partial charge in [0.1, 0.15) is 5.75 Å². The summed E-state index contributed by atoms with van der Waals surface area (Å²) in [4.78, 5) is 2.39. The standard InChI is InChI=1S/C13H20N2O/c1-10-3-4-13(16-2)12-9-15(8-6-14)7-5-11(10)12/h3-4H,5-9,14H2,1-2H3. The van der Waals surface area contributed by atoms with Gasteiger partial charge >= 0.3 is 0 Å². The number of nitrogens with two attached hydrogens (primary N) is 1. The Balaban J connectivity index is 2.31. The molecule has 2 rings (SSSR count). The van der Waals surface area contributed by atoms with Crippen LogP contribution in [-0.2, 0) is 13.0 Å². The Morgan fingerprint density at radius 1 is 1.38 bits per heavy atom. The first-order valence-corrected chi connectivity index (χ1v) is 5.84. The third-order valence-electron chi connectivity index (χ3n) is 3.35. The number of nitrogens with zero attached hydrogens (tertiary/aromatic N) is 1. The van der Waals surface area contributed by atoms with Gasteiger partial charge in [0.25, 0.3) is 0 Å². The van der Waals surface area contributed by atoms with Crippen LogP contribution in [0.15, 0.2) is 12.1 Å². The zero-order chi connectivity index (χ0) is 11.5. The Labute approximate surface area is 97.2 Å². The van der Waals surface area contributed by atoms with E-state index in [1.807, 2.05) is 0 Å². The van der Waals surface area contributed by atoms with Gasteiger partial charge in [0.15, 0.2) is 0 Å². The van der Waals surface area contributed by atoms with Crippen LogP contribution < -0.4 is 10.5 Å². The van der Waals surface area contributed by atoms with Crippen molar-refractivity contribution >= 4 is 0 Å². The average molecular weight is 220 g/mol. The summed E-state index contributed by atoms with van der Waals surface area (Å²) in [5.41, 5.74) is 9.80. The molecule has 0 saturated heterocycles. The van der Waals surface area contributed by atoms with Crippen LogP contribution in [0, 0.1) is 6.92 Å². The van der Waals surface area contributed by atoms with E-state index in [2.05, 4.69) is 24.0 Å². The summed E-state index contributed by atoms with van der Waals surface area (Å²) < 4.78 is 5.44. The van der Waals surface area contributed by atoms with Crippen LogP contribution in [0.2, 0.25) is 0 Å². The second-order valence-electron chi connectivity index (χ2n) is 4.36. The highest BCUT2D eigenvalue weighted by Crippen LogP contribution is 2.30. The molecule has 0 unspecified atom stereocenters. The summed E-state index contributed by atoms with van der Waals surface area (Å²) in [7, 11) is 1.74. The van der Waals surface area contributed by atoms with E-state index in [9.17, 15) is 0 Å². The summed E-state index contributed by atoms with van der Waals surface area (Å²) in [5.74, 6) is 1.02. The zero-order valence-electron chi connectivity index (χ0n) is 10.1. The van der Waals surface area contributed by atoms with E-state index in [4.69, 9.17) is 10.5 Å². The second-order valence-corrected chi connectivity index (χ2v) is 4.36. The first kappa shape index (κ1) is 11.4. The minimum absolute atomic E-state index is 0.726. The van der Waals surface area contributed by atoms with E-state index in [1.54, 1.807) is 7.11 Å². The van der Waals surface area contributed by atoms with Gasteiger partial charge in [-0.1, -0.05) is 6.07 Å². The first-order chi connectivity index (χ1) is 7.76. The van der Waals surface area contributed by atoms with E-state index >= 15 is 0 Å². The fraction of sp³-hybridized carbons (Fsp3) is 0.538. The van der Waals surface area contributed by atoms with Crippen molar-refractivity contribution < 1.29 is 4.74 Å². The largest absolute Gasteiger partial charge is 0.496 e. The maximum absolute atomic E-state index is 5.61. The van der Waals surface area contributed by atoms with Crippen molar-refractivity contribution in [3.05, 3.63) is 28.8 Å². The van der Waals surface area contributed by atoms with Crippen LogP contribution in [0.1, 0.15) is 16.7 Å². The highest BCUT2D eigenvalue weighted by Gasteiger charge is 2.20. The van der Waals surface area contributed by atoms with Crippen LogP contribution >= 0.6 is 0 Å². The van der Waals surface area contributed by atoms with Crippen molar-refractivity contribution in [2.75, 3.05) is 26.7 Å².